The highest BCUT2D eigenvalue weighted by atomic mass is 35.5. The number of nitriles is 1. The van der Waals surface area contributed by atoms with Crippen LogP contribution in [0.2, 0.25) is 5.02 Å². The molecule has 0 aliphatic rings. The van der Waals surface area contributed by atoms with E-state index in [0.717, 1.165) is 0 Å². The number of hydrogen-bond acceptors (Lipinski definition) is 3. The van der Waals surface area contributed by atoms with Crippen molar-refractivity contribution in [2.24, 2.45) is 0 Å². The number of hydrogen-bond donors (Lipinski definition) is 1. The van der Waals surface area contributed by atoms with Crippen molar-refractivity contribution in [3.8, 4) is 11.8 Å². The second-order valence-electron chi connectivity index (χ2n) is 3.89. The molecule has 0 aliphatic carbocycles. The van der Waals surface area contributed by atoms with Crippen LogP contribution in [0.25, 0.3) is 0 Å². The summed E-state index contributed by atoms with van der Waals surface area (Å²) in [6, 6.07) is 10.8. The largest absolute Gasteiger partial charge is 0.487 e. The predicted octanol–water partition coefficient (Wildman–Crippen LogP) is 3.51. The molecular weight excluding hydrogens is 267 g/mol. The number of ether oxygens (including phenoxy) is 1. The zero-order chi connectivity index (χ0) is 13.8. The minimum Gasteiger partial charge on any atom is -0.487 e. The minimum absolute atomic E-state index is 0.0219. The molecule has 0 saturated carbocycles. The van der Waals surface area contributed by atoms with E-state index >= 15 is 0 Å². The van der Waals surface area contributed by atoms with E-state index in [0.29, 0.717) is 27.6 Å². The fraction of sp³-hybridized carbons (Fsp3) is 0.0714. The molecule has 3 nitrogen and oxygen atoms in total. The predicted molar refractivity (Wildman–Crippen MR) is 71.3 cm³/mol. The smallest absolute Gasteiger partial charge is 0.144 e. The van der Waals surface area contributed by atoms with Crippen molar-refractivity contribution in [2.45, 2.75) is 6.61 Å². The van der Waals surface area contributed by atoms with E-state index in [2.05, 4.69) is 0 Å². The lowest BCUT2D eigenvalue weighted by molar-refractivity contribution is 0.301. The molecule has 2 rings (SSSR count). The zero-order valence-corrected chi connectivity index (χ0v) is 10.6. The van der Waals surface area contributed by atoms with Gasteiger partial charge in [0.1, 0.15) is 18.2 Å². The summed E-state index contributed by atoms with van der Waals surface area (Å²) in [6.45, 7) is -0.0219. The first-order valence-corrected chi connectivity index (χ1v) is 5.84. The minimum atomic E-state index is -0.431. The Morgan fingerprint density at radius 2 is 2.05 bits per heavy atom. The van der Waals surface area contributed by atoms with Gasteiger partial charge in [0.15, 0.2) is 0 Å². The number of nitrogens with zero attached hydrogens (tertiary/aromatic N) is 1. The van der Waals surface area contributed by atoms with E-state index in [9.17, 15) is 4.39 Å². The van der Waals surface area contributed by atoms with Gasteiger partial charge in [-0.25, -0.2) is 4.39 Å². The normalized spacial score (nSPS) is 9.95. The van der Waals surface area contributed by atoms with Gasteiger partial charge in [0.25, 0.3) is 0 Å². The Kier molecular flexibility index (Phi) is 3.88. The van der Waals surface area contributed by atoms with Gasteiger partial charge < -0.3 is 10.5 Å². The first-order valence-electron chi connectivity index (χ1n) is 5.46. The molecule has 0 amide bonds. The number of rotatable bonds is 3. The van der Waals surface area contributed by atoms with Crippen LogP contribution in [0.3, 0.4) is 0 Å². The summed E-state index contributed by atoms with van der Waals surface area (Å²) >= 11 is 5.82. The van der Waals surface area contributed by atoms with Crippen LogP contribution in [0.4, 0.5) is 10.1 Å². The molecule has 0 bridgehead atoms. The van der Waals surface area contributed by atoms with Crippen molar-refractivity contribution in [1.29, 1.82) is 5.26 Å². The fourth-order valence-electron chi connectivity index (χ4n) is 1.54. The number of nitrogens with two attached hydrogens (primary N) is 1. The molecule has 0 aromatic heterocycles. The quantitative estimate of drug-likeness (QED) is 0.873. The van der Waals surface area contributed by atoms with Gasteiger partial charge in [-0.1, -0.05) is 11.6 Å². The summed E-state index contributed by atoms with van der Waals surface area (Å²) in [5.74, 6) is -0.0474. The Morgan fingerprint density at radius 3 is 2.79 bits per heavy atom. The van der Waals surface area contributed by atoms with Gasteiger partial charge in [0.2, 0.25) is 0 Å². The molecular formula is C14H10ClFN2O. The molecule has 0 fully saturated rings. The third-order valence-corrected chi connectivity index (χ3v) is 2.77. The Bertz CT molecular complexity index is 652. The molecule has 0 saturated heterocycles. The first-order chi connectivity index (χ1) is 9.10. The highest BCUT2D eigenvalue weighted by molar-refractivity contribution is 6.30. The van der Waals surface area contributed by atoms with Gasteiger partial charge in [-0.3, -0.25) is 0 Å². The van der Waals surface area contributed by atoms with Crippen LogP contribution in [0, 0.1) is 17.1 Å². The van der Waals surface area contributed by atoms with Crippen LogP contribution < -0.4 is 10.5 Å². The molecule has 0 aliphatic heterocycles. The van der Waals surface area contributed by atoms with E-state index in [4.69, 9.17) is 27.3 Å². The number of halogens is 2. The standard InChI is InChI=1S/C14H10ClFN2O/c15-11-2-4-13(18)14(6-11)19-8-10-5-9(7-17)1-3-12(10)16/h1-6H,8,18H2. The summed E-state index contributed by atoms with van der Waals surface area (Å²) in [7, 11) is 0. The maximum Gasteiger partial charge on any atom is 0.144 e. The summed E-state index contributed by atoms with van der Waals surface area (Å²) in [4.78, 5) is 0. The van der Waals surface area contributed by atoms with Crippen LogP contribution in [0.15, 0.2) is 36.4 Å². The second-order valence-corrected chi connectivity index (χ2v) is 4.33. The molecule has 19 heavy (non-hydrogen) atoms. The average Bonchev–Trinajstić information content (AvgIpc) is 2.41. The van der Waals surface area contributed by atoms with Crippen molar-refractivity contribution in [2.75, 3.05) is 5.73 Å². The molecule has 0 radical (unpaired) electrons. The molecule has 0 atom stereocenters. The molecule has 96 valence electrons. The van der Waals surface area contributed by atoms with E-state index in [1.54, 1.807) is 18.2 Å². The highest BCUT2D eigenvalue weighted by Gasteiger charge is 2.07. The Labute approximate surface area is 115 Å². The fourth-order valence-corrected chi connectivity index (χ4v) is 1.71. The van der Waals surface area contributed by atoms with Gasteiger partial charge in [-0.15, -0.1) is 0 Å². The average molecular weight is 277 g/mol. The maximum absolute atomic E-state index is 13.5. The third-order valence-electron chi connectivity index (χ3n) is 2.53. The van der Waals surface area contributed by atoms with Gasteiger partial charge in [0.05, 0.1) is 17.3 Å². The topological polar surface area (TPSA) is 59.0 Å². The maximum atomic E-state index is 13.5. The van der Waals surface area contributed by atoms with Crippen molar-refractivity contribution in [1.82, 2.24) is 0 Å². The lowest BCUT2D eigenvalue weighted by Gasteiger charge is -2.10. The Balaban J connectivity index is 2.19. The zero-order valence-electron chi connectivity index (χ0n) is 9.86. The number of anilines is 1. The summed E-state index contributed by atoms with van der Waals surface area (Å²) < 4.78 is 19.0. The van der Waals surface area contributed by atoms with Crippen LogP contribution in [0.1, 0.15) is 11.1 Å². The molecule has 2 aromatic rings. The number of nitrogen functional groups attached to an aromatic ring is 1. The molecule has 0 spiro atoms. The Hall–Kier alpha value is -2.25. The van der Waals surface area contributed by atoms with E-state index in [1.807, 2.05) is 6.07 Å². The number of benzene rings is 2. The molecule has 0 unspecified atom stereocenters. The van der Waals surface area contributed by atoms with E-state index < -0.39 is 5.82 Å². The molecule has 2 aromatic carbocycles. The van der Waals surface area contributed by atoms with Crippen LogP contribution in [0.5, 0.6) is 5.75 Å². The summed E-state index contributed by atoms with van der Waals surface area (Å²) in [5.41, 5.74) is 6.80. The highest BCUT2D eigenvalue weighted by Crippen LogP contribution is 2.26. The Morgan fingerprint density at radius 1 is 1.26 bits per heavy atom. The molecule has 2 N–H and O–H groups in total. The lowest BCUT2D eigenvalue weighted by Crippen LogP contribution is -2.01. The lowest BCUT2D eigenvalue weighted by atomic mass is 10.1. The monoisotopic (exact) mass is 276 g/mol. The molecule has 0 heterocycles. The molecule has 5 heteroatoms. The summed E-state index contributed by atoms with van der Waals surface area (Å²) in [5, 5.41) is 9.25. The van der Waals surface area contributed by atoms with Gasteiger partial charge in [0, 0.05) is 16.7 Å². The van der Waals surface area contributed by atoms with E-state index in [-0.39, 0.29) is 6.61 Å². The van der Waals surface area contributed by atoms with E-state index in [1.165, 1.54) is 18.2 Å². The van der Waals surface area contributed by atoms with Crippen molar-refractivity contribution in [3.63, 3.8) is 0 Å². The van der Waals surface area contributed by atoms with Gasteiger partial charge in [-0.05, 0) is 30.3 Å². The van der Waals surface area contributed by atoms with Gasteiger partial charge in [-0.2, -0.15) is 5.26 Å². The van der Waals surface area contributed by atoms with Gasteiger partial charge >= 0.3 is 0 Å². The van der Waals surface area contributed by atoms with Crippen molar-refractivity contribution < 1.29 is 9.13 Å². The second kappa shape index (κ2) is 5.59. The van der Waals surface area contributed by atoms with Crippen molar-refractivity contribution in [3.05, 3.63) is 58.4 Å². The van der Waals surface area contributed by atoms with Crippen LogP contribution in [-0.2, 0) is 6.61 Å². The first kappa shape index (κ1) is 13.2. The van der Waals surface area contributed by atoms with Crippen LogP contribution in [-0.4, -0.2) is 0 Å². The summed E-state index contributed by atoms with van der Waals surface area (Å²) in [6.07, 6.45) is 0. The third kappa shape index (κ3) is 3.15. The van der Waals surface area contributed by atoms with Crippen LogP contribution >= 0.6 is 11.6 Å². The van der Waals surface area contributed by atoms with Crippen molar-refractivity contribution >= 4 is 17.3 Å². The SMILES string of the molecule is N#Cc1ccc(F)c(COc2cc(Cl)ccc2N)c1.